The first-order valence-electron chi connectivity index (χ1n) is 9.42. The summed E-state index contributed by atoms with van der Waals surface area (Å²) in [6.07, 6.45) is 4.87. The van der Waals surface area contributed by atoms with Gasteiger partial charge in [0, 0.05) is 37.9 Å². The van der Waals surface area contributed by atoms with Crippen molar-refractivity contribution in [3.63, 3.8) is 0 Å². The number of hydrogen-bond acceptors (Lipinski definition) is 10. The van der Waals surface area contributed by atoms with Crippen LogP contribution in [0.5, 0.6) is 5.88 Å². The smallest absolute Gasteiger partial charge is 0.234 e. The number of thioether (sulfide) groups is 1. The molecule has 3 rings (SSSR count). The predicted octanol–water partition coefficient (Wildman–Crippen LogP) is 3.99. The highest BCUT2D eigenvalue weighted by Crippen LogP contribution is 2.29. The normalized spacial score (nSPS) is 13.1. The number of aromatic nitrogens is 6. The lowest BCUT2D eigenvalue weighted by Gasteiger charge is -2.21. The highest BCUT2D eigenvalue weighted by Gasteiger charge is 2.24. The first-order chi connectivity index (χ1) is 15.1. The lowest BCUT2D eigenvalue weighted by molar-refractivity contribution is 0.0972. The molecule has 166 valence electrons. The van der Waals surface area contributed by atoms with Crippen molar-refractivity contribution >= 4 is 41.3 Å². The van der Waals surface area contributed by atoms with Gasteiger partial charge in [-0.2, -0.15) is 11.8 Å². The molecule has 3 heterocycles. The molecule has 9 nitrogen and oxygen atoms in total. The minimum absolute atomic E-state index is 0.0183. The van der Waals surface area contributed by atoms with Crippen LogP contribution in [0.4, 0.5) is 5.95 Å². The summed E-state index contributed by atoms with van der Waals surface area (Å²) in [5.74, 6) is 3.31. The van der Waals surface area contributed by atoms with Crippen molar-refractivity contribution in [1.29, 1.82) is 0 Å². The molecule has 2 atom stereocenters. The summed E-state index contributed by atoms with van der Waals surface area (Å²) in [4.78, 5) is 13.0. The third kappa shape index (κ3) is 6.00. The van der Waals surface area contributed by atoms with Crippen molar-refractivity contribution in [2.24, 2.45) is 0 Å². The third-order valence-corrected chi connectivity index (χ3v) is 6.05. The quantitative estimate of drug-likeness (QED) is 0.404. The fourth-order valence-corrected chi connectivity index (χ4v) is 4.06. The Balaban J connectivity index is 1.78. The number of ether oxygens (including phenoxy) is 2. The first-order valence-corrected chi connectivity index (χ1v) is 12.1. The Morgan fingerprint density at radius 1 is 1.19 bits per heavy atom. The summed E-state index contributed by atoms with van der Waals surface area (Å²) >= 11 is 9.11. The van der Waals surface area contributed by atoms with Gasteiger partial charge in [-0.25, -0.2) is 15.0 Å². The molecule has 0 aliphatic carbocycles. The summed E-state index contributed by atoms with van der Waals surface area (Å²) in [5.41, 5.74) is 0.698. The van der Waals surface area contributed by atoms with Gasteiger partial charge in [-0.1, -0.05) is 17.7 Å². The van der Waals surface area contributed by atoms with E-state index < -0.39 is 0 Å². The van der Waals surface area contributed by atoms with E-state index in [2.05, 4.69) is 36.1 Å². The van der Waals surface area contributed by atoms with Crippen LogP contribution in [0.15, 0.2) is 30.6 Å². The molecule has 3 aromatic rings. The fourth-order valence-electron chi connectivity index (χ4n) is 2.80. The van der Waals surface area contributed by atoms with E-state index in [1.807, 2.05) is 23.6 Å². The van der Waals surface area contributed by atoms with Crippen molar-refractivity contribution < 1.29 is 9.47 Å². The molecular formula is C19H24ClN7O2S2. The SMILES string of the molecule is COc1cccc(-c2nnc(NSC(C)C(OC)c3ncc(Cl)cn3)n2CCSC)n1. The van der Waals surface area contributed by atoms with Gasteiger partial charge >= 0.3 is 0 Å². The molecule has 0 bridgehead atoms. The number of nitrogens with zero attached hydrogens (tertiary/aromatic N) is 6. The fraction of sp³-hybridized carbons (Fsp3) is 0.421. The van der Waals surface area contributed by atoms with Gasteiger partial charge in [0.25, 0.3) is 0 Å². The molecule has 31 heavy (non-hydrogen) atoms. The summed E-state index contributed by atoms with van der Waals surface area (Å²) in [6.45, 7) is 2.75. The number of anilines is 1. The molecule has 0 radical (unpaired) electrons. The van der Waals surface area contributed by atoms with Crippen LogP contribution in [-0.4, -0.2) is 61.2 Å². The highest BCUT2D eigenvalue weighted by atomic mass is 35.5. The Morgan fingerprint density at radius 3 is 2.65 bits per heavy atom. The largest absolute Gasteiger partial charge is 0.481 e. The van der Waals surface area contributed by atoms with E-state index in [4.69, 9.17) is 21.1 Å². The second kappa shape index (κ2) is 11.5. The lowest BCUT2D eigenvalue weighted by Crippen LogP contribution is -2.19. The van der Waals surface area contributed by atoms with Crippen molar-refractivity contribution in [2.45, 2.75) is 24.8 Å². The standard InChI is InChI=1S/C19H24ClN7O2S2/c1-12(16(29-3)17-21-10-13(20)11-22-17)31-26-19-25-24-18(27(19)8-9-30-4)14-6-5-7-15(23-14)28-2/h5-7,10-12,16H,8-9H2,1-4H3,(H,25,26). The van der Waals surface area contributed by atoms with E-state index in [1.54, 1.807) is 44.4 Å². The first kappa shape index (κ1) is 23.6. The maximum absolute atomic E-state index is 5.90. The summed E-state index contributed by atoms with van der Waals surface area (Å²) in [7, 11) is 3.22. The van der Waals surface area contributed by atoms with E-state index >= 15 is 0 Å². The zero-order chi connectivity index (χ0) is 22.2. The van der Waals surface area contributed by atoms with Crippen LogP contribution in [0.2, 0.25) is 5.02 Å². The van der Waals surface area contributed by atoms with Crippen LogP contribution >= 0.6 is 35.3 Å². The van der Waals surface area contributed by atoms with E-state index in [0.717, 1.165) is 12.3 Å². The number of nitrogens with one attached hydrogen (secondary N) is 1. The predicted molar refractivity (Wildman–Crippen MR) is 126 cm³/mol. The molecule has 3 aromatic heterocycles. The zero-order valence-electron chi connectivity index (χ0n) is 17.6. The van der Waals surface area contributed by atoms with Gasteiger partial charge in [0.15, 0.2) is 11.6 Å². The second-order valence-electron chi connectivity index (χ2n) is 6.40. The van der Waals surface area contributed by atoms with Crippen molar-refractivity contribution in [3.8, 4) is 17.4 Å². The average Bonchev–Trinajstić information content (AvgIpc) is 3.20. The Hall–Kier alpha value is -2.08. The van der Waals surface area contributed by atoms with Gasteiger partial charge in [-0.15, -0.1) is 10.2 Å². The molecule has 0 amide bonds. The molecule has 0 saturated carbocycles. The number of pyridine rings is 1. The minimum atomic E-state index is -0.322. The average molecular weight is 482 g/mol. The van der Waals surface area contributed by atoms with Crippen LogP contribution in [0.3, 0.4) is 0 Å². The second-order valence-corrected chi connectivity index (χ2v) is 9.00. The van der Waals surface area contributed by atoms with E-state index in [1.165, 1.54) is 11.9 Å². The summed E-state index contributed by atoms with van der Waals surface area (Å²) in [6, 6.07) is 5.57. The number of halogens is 1. The Bertz CT molecular complexity index is 974. The van der Waals surface area contributed by atoms with Crippen LogP contribution in [0.1, 0.15) is 18.9 Å². The molecule has 2 unspecified atom stereocenters. The molecule has 1 N–H and O–H groups in total. The van der Waals surface area contributed by atoms with Gasteiger partial charge in [0.2, 0.25) is 11.8 Å². The van der Waals surface area contributed by atoms with E-state index in [9.17, 15) is 0 Å². The van der Waals surface area contributed by atoms with Gasteiger partial charge in [0.05, 0.1) is 17.4 Å². The minimum Gasteiger partial charge on any atom is -0.481 e. The molecule has 0 saturated heterocycles. The molecule has 0 fully saturated rings. The maximum atomic E-state index is 5.90. The van der Waals surface area contributed by atoms with Gasteiger partial charge in [0.1, 0.15) is 11.8 Å². The Labute approximate surface area is 194 Å². The monoisotopic (exact) mass is 481 g/mol. The third-order valence-electron chi connectivity index (χ3n) is 4.34. The molecular weight excluding hydrogens is 458 g/mol. The molecule has 0 aromatic carbocycles. The summed E-state index contributed by atoms with van der Waals surface area (Å²) < 4.78 is 16.2. The lowest BCUT2D eigenvalue weighted by atomic mass is 10.2. The highest BCUT2D eigenvalue weighted by molar-refractivity contribution is 8.01. The number of rotatable bonds is 11. The zero-order valence-corrected chi connectivity index (χ0v) is 20.0. The van der Waals surface area contributed by atoms with Crippen molar-refractivity contribution in [1.82, 2.24) is 29.7 Å². The Morgan fingerprint density at radius 2 is 1.97 bits per heavy atom. The molecule has 12 heteroatoms. The number of methoxy groups -OCH3 is 2. The van der Waals surface area contributed by atoms with Crippen molar-refractivity contribution in [3.05, 3.63) is 41.4 Å². The maximum Gasteiger partial charge on any atom is 0.234 e. The van der Waals surface area contributed by atoms with Crippen LogP contribution in [0, 0.1) is 0 Å². The van der Waals surface area contributed by atoms with Crippen LogP contribution in [-0.2, 0) is 11.3 Å². The summed E-state index contributed by atoms with van der Waals surface area (Å²) in [5, 5.41) is 9.17. The van der Waals surface area contributed by atoms with Crippen LogP contribution in [0.25, 0.3) is 11.5 Å². The van der Waals surface area contributed by atoms with Gasteiger partial charge in [-0.05, 0) is 31.2 Å². The molecule has 0 spiro atoms. The molecule has 0 aliphatic heterocycles. The van der Waals surface area contributed by atoms with Gasteiger partial charge < -0.3 is 9.47 Å². The van der Waals surface area contributed by atoms with Gasteiger partial charge in [-0.3, -0.25) is 9.29 Å². The van der Waals surface area contributed by atoms with E-state index in [0.29, 0.717) is 34.2 Å². The Kier molecular flexibility index (Phi) is 8.76. The number of hydrogen-bond donors (Lipinski definition) is 1. The topological polar surface area (TPSA) is 99.9 Å². The van der Waals surface area contributed by atoms with Crippen LogP contribution < -0.4 is 9.46 Å². The molecule has 0 aliphatic rings. The van der Waals surface area contributed by atoms with Crippen molar-refractivity contribution in [2.75, 3.05) is 31.0 Å². The van der Waals surface area contributed by atoms with E-state index in [-0.39, 0.29) is 11.4 Å².